The zero-order chi connectivity index (χ0) is 9.28. The van der Waals surface area contributed by atoms with E-state index in [1.165, 1.54) is 12.8 Å². The van der Waals surface area contributed by atoms with Crippen LogP contribution in [-0.4, -0.2) is 0 Å². The predicted octanol–water partition coefficient (Wildman–Crippen LogP) is 4.42. The van der Waals surface area contributed by atoms with Crippen LogP contribution >= 0.6 is 0 Å². The van der Waals surface area contributed by atoms with Gasteiger partial charge in [0, 0.05) is 0 Å². The molecule has 0 aromatic rings. The highest BCUT2D eigenvalue weighted by molar-refractivity contribution is 5.05. The van der Waals surface area contributed by atoms with Crippen LogP contribution in [0.3, 0.4) is 0 Å². The molecule has 0 fully saturated rings. The summed E-state index contributed by atoms with van der Waals surface area (Å²) in [6.45, 7) is 12.5. The van der Waals surface area contributed by atoms with Gasteiger partial charge in [0.15, 0.2) is 0 Å². The lowest BCUT2D eigenvalue weighted by Gasteiger charge is -1.95. The Morgan fingerprint density at radius 2 is 1.64 bits per heavy atom. The fourth-order valence-corrected chi connectivity index (χ4v) is 1.12. The molecule has 0 bridgehead atoms. The summed E-state index contributed by atoms with van der Waals surface area (Å²) in [5.41, 5.74) is 1.58. The molecule has 0 nitrogen and oxygen atoms in total. The first-order chi connectivity index (χ1) is 5.29. The van der Waals surface area contributed by atoms with Gasteiger partial charge in [-0.3, -0.25) is 0 Å². The van der Waals surface area contributed by atoms with Crippen molar-refractivity contribution in [1.82, 2.24) is 0 Å². The zero-order valence-electron chi connectivity index (χ0n) is 9.07. The summed E-state index contributed by atoms with van der Waals surface area (Å²) in [6.07, 6.45) is 4.98. The second-order valence-electron chi connectivity index (χ2n) is 2.60. The third-order valence-corrected chi connectivity index (χ3v) is 1.54. The Balaban J connectivity index is 0. The summed E-state index contributed by atoms with van der Waals surface area (Å²) in [5.74, 6) is 0.931. The van der Waals surface area contributed by atoms with E-state index in [1.807, 2.05) is 27.7 Å². The SMILES string of the molecule is CC.CC.CC1=CCC(C)C1. The highest BCUT2D eigenvalue weighted by Crippen LogP contribution is 2.22. The van der Waals surface area contributed by atoms with Gasteiger partial charge in [0.1, 0.15) is 0 Å². The molecule has 0 saturated heterocycles. The van der Waals surface area contributed by atoms with Crippen molar-refractivity contribution in [1.29, 1.82) is 0 Å². The van der Waals surface area contributed by atoms with Crippen molar-refractivity contribution in [2.75, 3.05) is 0 Å². The van der Waals surface area contributed by atoms with E-state index in [0.29, 0.717) is 0 Å². The molecule has 1 aliphatic rings. The van der Waals surface area contributed by atoms with Crippen molar-refractivity contribution in [2.45, 2.75) is 54.4 Å². The molecule has 0 amide bonds. The van der Waals surface area contributed by atoms with Gasteiger partial charge in [-0.15, -0.1) is 0 Å². The highest BCUT2D eigenvalue weighted by Gasteiger charge is 2.06. The smallest absolute Gasteiger partial charge is 0.0294 e. The lowest BCUT2D eigenvalue weighted by atomic mass is 10.1. The maximum atomic E-state index is 2.34. The molecule has 0 saturated carbocycles. The Morgan fingerprint density at radius 3 is 1.73 bits per heavy atom. The maximum Gasteiger partial charge on any atom is -0.0294 e. The summed E-state index contributed by atoms with van der Waals surface area (Å²) in [7, 11) is 0. The molecule has 1 aliphatic carbocycles. The van der Waals surface area contributed by atoms with Crippen LogP contribution in [0, 0.1) is 5.92 Å². The second kappa shape index (κ2) is 9.74. The lowest BCUT2D eigenvalue weighted by molar-refractivity contribution is 0.628. The highest BCUT2D eigenvalue weighted by atomic mass is 14.1. The van der Waals surface area contributed by atoms with Crippen molar-refractivity contribution in [2.24, 2.45) is 5.92 Å². The van der Waals surface area contributed by atoms with E-state index < -0.39 is 0 Å². The van der Waals surface area contributed by atoms with Crippen LogP contribution in [0.25, 0.3) is 0 Å². The summed E-state index contributed by atoms with van der Waals surface area (Å²) in [5, 5.41) is 0. The minimum Gasteiger partial charge on any atom is -0.0853 e. The van der Waals surface area contributed by atoms with Crippen LogP contribution in [0.15, 0.2) is 11.6 Å². The van der Waals surface area contributed by atoms with Gasteiger partial charge in [-0.25, -0.2) is 0 Å². The van der Waals surface area contributed by atoms with Crippen LogP contribution in [0.1, 0.15) is 54.4 Å². The van der Waals surface area contributed by atoms with E-state index in [-0.39, 0.29) is 0 Å². The minimum atomic E-state index is 0.931. The monoisotopic (exact) mass is 156 g/mol. The first-order valence-corrected chi connectivity index (χ1v) is 4.94. The third-order valence-electron chi connectivity index (χ3n) is 1.54. The van der Waals surface area contributed by atoms with Crippen LogP contribution in [0.4, 0.5) is 0 Å². The molecule has 0 heterocycles. The molecule has 1 rings (SSSR count). The molecule has 0 heteroatoms. The molecule has 11 heavy (non-hydrogen) atoms. The maximum absolute atomic E-state index is 2.34. The van der Waals surface area contributed by atoms with Crippen LogP contribution in [-0.2, 0) is 0 Å². The normalized spacial score (nSPS) is 20.5. The van der Waals surface area contributed by atoms with E-state index in [0.717, 1.165) is 5.92 Å². The van der Waals surface area contributed by atoms with E-state index in [2.05, 4.69) is 19.9 Å². The quantitative estimate of drug-likeness (QED) is 0.456. The van der Waals surface area contributed by atoms with Gasteiger partial charge in [0.05, 0.1) is 0 Å². The Hall–Kier alpha value is -0.260. The van der Waals surface area contributed by atoms with Gasteiger partial charge in [0.25, 0.3) is 0 Å². The van der Waals surface area contributed by atoms with E-state index in [4.69, 9.17) is 0 Å². The molecule has 0 aromatic carbocycles. The fraction of sp³-hybridized carbons (Fsp3) is 0.818. The Morgan fingerprint density at radius 1 is 1.18 bits per heavy atom. The van der Waals surface area contributed by atoms with E-state index in [9.17, 15) is 0 Å². The van der Waals surface area contributed by atoms with Gasteiger partial charge in [-0.05, 0) is 25.7 Å². The summed E-state index contributed by atoms with van der Waals surface area (Å²) < 4.78 is 0. The van der Waals surface area contributed by atoms with Gasteiger partial charge in [-0.2, -0.15) is 0 Å². The van der Waals surface area contributed by atoms with Gasteiger partial charge >= 0.3 is 0 Å². The molecule has 68 valence electrons. The van der Waals surface area contributed by atoms with Gasteiger partial charge < -0.3 is 0 Å². The topological polar surface area (TPSA) is 0 Å². The average Bonchev–Trinajstić information content (AvgIpc) is 2.43. The molecule has 1 atom stereocenters. The molecule has 0 spiro atoms. The van der Waals surface area contributed by atoms with Crippen molar-refractivity contribution in [3.05, 3.63) is 11.6 Å². The molecular weight excluding hydrogens is 132 g/mol. The number of hydrogen-bond acceptors (Lipinski definition) is 0. The molecule has 0 aliphatic heterocycles. The van der Waals surface area contributed by atoms with Crippen molar-refractivity contribution in [3.8, 4) is 0 Å². The predicted molar refractivity (Wildman–Crippen MR) is 54.9 cm³/mol. The largest absolute Gasteiger partial charge is 0.0853 e. The van der Waals surface area contributed by atoms with E-state index >= 15 is 0 Å². The van der Waals surface area contributed by atoms with Gasteiger partial charge in [0.2, 0.25) is 0 Å². The van der Waals surface area contributed by atoms with Crippen molar-refractivity contribution >= 4 is 0 Å². The number of rotatable bonds is 0. The third kappa shape index (κ3) is 7.64. The van der Waals surface area contributed by atoms with Crippen molar-refractivity contribution < 1.29 is 0 Å². The standard InChI is InChI=1S/C7H12.2C2H6/c1-6-3-4-7(2)5-6;2*1-2/h3,7H,4-5H2,1-2H3;2*1-2H3. The Bertz CT molecular complexity index is 90.2. The molecule has 1 unspecified atom stereocenters. The second-order valence-corrected chi connectivity index (χ2v) is 2.60. The van der Waals surface area contributed by atoms with E-state index in [1.54, 1.807) is 5.57 Å². The summed E-state index contributed by atoms with van der Waals surface area (Å²) >= 11 is 0. The van der Waals surface area contributed by atoms with Crippen LogP contribution in [0.2, 0.25) is 0 Å². The fourth-order valence-electron chi connectivity index (χ4n) is 1.12. The minimum absolute atomic E-state index is 0.931. The Labute approximate surface area is 72.7 Å². The van der Waals surface area contributed by atoms with Gasteiger partial charge in [-0.1, -0.05) is 46.3 Å². The molecule has 0 N–H and O–H groups in total. The van der Waals surface area contributed by atoms with Crippen molar-refractivity contribution in [3.63, 3.8) is 0 Å². The Kier molecular flexibility index (Phi) is 11.8. The molecular formula is C11H24. The van der Waals surface area contributed by atoms with Crippen LogP contribution in [0.5, 0.6) is 0 Å². The molecule has 0 aromatic heterocycles. The first-order valence-electron chi connectivity index (χ1n) is 4.94. The lowest BCUT2D eigenvalue weighted by Crippen LogP contribution is -1.82. The summed E-state index contributed by atoms with van der Waals surface area (Å²) in [4.78, 5) is 0. The average molecular weight is 156 g/mol. The summed E-state index contributed by atoms with van der Waals surface area (Å²) in [6, 6.07) is 0. The molecule has 0 radical (unpaired) electrons. The number of hydrogen-bond donors (Lipinski definition) is 0. The van der Waals surface area contributed by atoms with Crippen LogP contribution < -0.4 is 0 Å². The number of allylic oxidation sites excluding steroid dienone is 2. The zero-order valence-corrected chi connectivity index (χ0v) is 9.07. The first kappa shape index (κ1) is 13.3.